The second-order valence-corrected chi connectivity index (χ2v) is 9.69. The molecule has 2 aromatic carbocycles. The van der Waals surface area contributed by atoms with Crippen LogP contribution >= 0.6 is 23.1 Å². The molecule has 0 spiro atoms. The summed E-state index contributed by atoms with van der Waals surface area (Å²) < 4.78 is 12.1. The van der Waals surface area contributed by atoms with E-state index in [2.05, 4.69) is 22.1 Å². The minimum absolute atomic E-state index is 0.0942. The summed E-state index contributed by atoms with van der Waals surface area (Å²) in [5, 5.41) is 14.4. The van der Waals surface area contributed by atoms with Gasteiger partial charge in [0.25, 0.3) is 0 Å². The molecular formula is C27H26N4O4S2. The first kappa shape index (κ1) is 26.2. The predicted octanol–water partition coefficient (Wildman–Crippen LogP) is 5.31. The number of thioether (sulfide) groups is 1. The van der Waals surface area contributed by atoms with Crippen LogP contribution in [0, 0.1) is 0 Å². The normalized spacial score (nSPS) is 10.6. The minimum Gasteiger partial charge on any atom is -0.497 e. The van der Waals surface area contributed by atoms with Crippen molar-refractivity contribution >= 4 is 40.0 Å². The molecule has 8 nitrogen and oxygen atoms in total. The van der Waals surface area contributed by atoms with Gasteiger partial charge in [0.05, 0.1) is 20.0 Å². The highest BCUT2D eigenvalue weighted by atomic mass is 32.2. The third-order valence-corrected chi connectivity index (χ3v) is 7.34. The Morgan fingerprint density at radius 2 is 1.86 bits per heavy atom. The predicted molar refractivity (Wildman–Crippen MR) is 146 cm³/mol. The van der Waals surface area contributed by atoms with Crippen molar-refractivity contribution in [3.8, 4) is 16.9 Å². The van der Waals surface area contributed by atoms with Crippen LogP contribution < -0.4 is 10.1 Å². The first-order valence-corrected chi connectivity index (χ1v) is 13.2. The molecule has 1 N–H and O–H groups in total. The van der Waals surface area contributed by atoms with Gasteiger partial charge in [0, 0.05) is 23.9 Å². The number of allylic oxidation sites excluding steroid dienone is 1. The highest BCUT2D eigenvalue weighted by molar-refractivity contribution is 7.99. The van der Waals surface area contributed by atoms with Crippen molar-refractivity contribution < 1.29 is 19.1 Å². The van der Waals surface area contributed by atoms with Crippen molar-refractivity contribution in [2.45, 2.75) is 18.1 Å². The minimum atomic E-state index is -0.503. The molecule has 0 unspecified atom stereocenters. The van der Waals surface area contributed by atoms with Gasteiger partial charge in [-0.05, 0) is 23.3 Å². The SMILES string of the molecule is C=CCn1c(Cc2ccc(OC)cc2)nnc1SCC(=O)Nc1scc(-c2ccccc2)c1C(=O)OC. The van der Waals surface area contributed by atoms with E-state index in [-0.39, 0.29) is 11.7 Å². The lowest BCUT2D eigenvalue weighted by atomic mass is 10.0. The number of nitrogens with one attached hydrogen (secondary N) is 1. The number of ether oxygens (including phenoxy) is 2. The van der Waals surface area contributed by atoms with Crippen molar-refractivity contribution in [2.75, 3.05) is 25.3 Å². The number of hydrogen-bond donors (Lipinski definition) is 1. The van der Waals surface area contributed by atoms with Gasteiger partial charge in [-0.1, -0.05) is 60.3 Å². The number of hydrogen-bond acceptors (Lipinski definition) is 8. The summed E-state index contributed by atoms with van der Waals surface area (Å²) >= 11 is 2.56. The lowest BCUT2D eigenvalue weighted by molar-refractivity contribution is -0.113. The van der Waals surface area contributed by atoms with Gasteiger partial charge in [-0.2, -0.15) is 0 Å². The quantitative estimate of drug-likeness (QED) is 0.158. The zero-order valence-corrected chi connectivity index (χ0v) is 22.1. The van der Waals surface area contributed by atoms with Crippen LogP contribution in [0.3, 0.4) is 0 Å². The molecule has 190 valence electrons. The van der Waals surface area contributed by atoms with Gasteiger partial charge in [-0.15, -0.1) is 28.1 Å². The van der Waals surface area contributed by atoms with Gasteiger partial charge in [-0.3, -0.25) is 4.79 Å². The van der Waals surface area contributed by atoms with Crippen molar-refractivity contribution in [1.29, 1.82) is 0 Å². The molecule has 0 atom stereocenters. The highest BCUT2D eigenvalue weighted by Gasteiger charge is 2.23. The van der Waals surface area contributed by atoms with Crippen LogP contribution in [0.15, 0.2) is 77.8 Å². The van der Waals surface area contributed by atoms with Gasteiger partial charge in [0.1, 0.15) is 22.1 Å². The summed E-state index contributed by atoms with van der Waals surface area (Å²) in [6.45, 7) is 4.35. The van der Waals surface area contributed by atoms with Crippen molar-refractivity contribution in [3.05, 3.63) is 89.6 Å². The molecule has 0 saturated carbocycles. The van der Waals surface area contributed by atoms with Gasteiger partial charge in [0.2, 0.25) is 5.91 Å². The molecule has 2 aromatic heterocycles. The average molecular weight is 535 g/mol. The molecule has 4 aromatic rings. The van der Waals surface area contributed by atoms with Gasteiger partial charge >= 0.3 is 5.97 Å². The molecule has 0 saturated heterocycles. The Kier molecular flexibility index (Phi) is 8.76. The Morgan fingerprint density at radius 3 is 2.54 bits per heavy atom. The van der Waals surface area contributed by atoms with Crippen molar-refractivity contribution in [3.63, 3.8) is 0 Å². The Labute approximate surface area is 223 Å². The van der Waals surface area contributed by atoms with Crippen LogP contribution in [-0.2, 0) is 22.5 Å². The molecule has 0 aliphatic heterocycles. The number of methoxy groups -OCH3 is 2. The number of benzene rings is 2. The summed E-state index contributed by atoms with van der Waals surface area (Å²) in [5.74, 6) is 0.887. The maximum absolute atomic E-state index is 12.9. The summed E-state index contributed by atoms with van der Waals surface area (Å²) in [4.78, 5) is 25.4. The van der Waals surface area contributed by atoms with E-state index in [1.54, 1.807) is 13.2 Å². The Balaban J connectivity index is 1.46. The third kappa shape index (κ3) is 6.28. The van der Waals surface area contributed by atoms with Crippen LogP contribution in [0.1, 0.15) is 21.7 Å². The number of esters is 1. The van der Waals surface area contributed by atoms with E-state index in [4.69, 9.17) is 9.47 Å². The van der Waals surface area contributed by atoms with E-state index in [1.165, 1.54) is 30.2 Å². The molecular weight excluding hydrogens is 508 g/mol. The van der Waals surface area contributed by atoms with Gasteiger partial charge < -0.3 is 19.4 Å². The fourth-order valence-electron chi connectivity index (χ4n) is 3.67. The van der Waals surface area contributed by atoms with E-state index < -0.39 is 5.97 Å². The smallest absolute Gasteiger partial charge is 0.341 e. The Bertz CT molecular complexity index is 1380. The van der Waals surface area contributed by atoms with E-state index >= 15 is 0 Å². The standard InChI is InChI=1S/C27H26N4O4S2/c1-4-14-31-22(15-18-10-12-20(34-2)13-11-18)29-30-27(31)37-17-23(32)28-25-24(26(33)35-3)21(16-36-25)19-8-6-5-7-9-19/h4-13,16H,1,14-15,17H2,2-3H3,(H,28,32). The molecule has 37 heavy (non-hydrogen) atoms. The molecule has 0 aliphatic rings. The lowest BCUT2D eigenvalue weighted by Gasteiger charge is -2.09. The maximum atomic E-state index is 12.9. The van der Waals surface area contributed by atoms with Crippen LogP contribution in [0.2, 0.25) is 0 Å². The number of nitrogens with zero attached hydrogens (tertiary/aromatic N) is 3. The molecule has 1 amide bonds. The molecule has 0 bridgehead atoms. The second-order valence-electron chi connectivity index (χ2n) is 7.87. The largest absolute Gasteiger partial charge is 0.497 e. The zero-order chi connectivity index (χ0) is 26.2. The van der Waals surface area contributed by atoms with Crippen molar-refractivity contribution in [2.24, 2.45) is 0 Å². The number of rotatable bonds is 11. The fraction of sp³-hybridized carbons (Fsp3) is 0.185. The highest BCUT2D eigenvalue weighted by Crippen LogP contribution is 2.36. The van der Waals surface area contributed by atoms with Crippen LogP contribution in [-0.4, -0.2) is 46.6 Å². The number of thiophene rings is 1. The van der Waals surface area contributed by atoms with Crippen LogP contribution in [0.4, 0.5) is 5.00 Å². The second kappa shape index (κ2) is 12.4. The fourth-order valence-corrected chi connectivity index (χ4v) is 5.41. The van der Waals surface area contributed by atoms with Gasteiger partial charge in [0.15, 0.2) is 5.16 Å². The Morgan fingerprint density at radius 1 is 1.11 bits per heavy atom. The topological polar surface area (TPSA) is 95.3 Å². The number of aromatic nitrogens is 3. The molecule has 4 rings (SSSR count). The van der Waals surface area contributed by atoms with E-state index in [9.17, 15) is 9.59 Å². The van der Waals surface area contributed by atoms with E-state index in [0.717, 1.165) is 22.7 Å². The van der Waals surface area contributed by atoms with Crippen LogP contribution in [0.25, 0.3) is 11.1 Å². The summed E-state index contributed by atoms with van der Waals surface area (Å²) in [5.41, 5.74) is 2.99. The number of carbonyl (C=O) groups is 2. The number of anilines is 1. The Hall–Kier alpha value is -3.89. The summed E-state index contributed by atoms with van der Waals surface area (Å²) in [6, 6.07) is 17.3. The summed E-state index contributed by atoms with van der Waals surface area (Å²) in [6.07, 6.45) is 2.35. The number of carbonyl (C=O) groups excluding carboxylic acids is 2. The first-order chi connectivity index (χ1) is 18.0. The molecule has 0 radical (unpaired) electrons. The monoisotopic (exact) mass is 534 g/mol. The van der Waals surface area contributed by atoms with Gasteiger partial charge in [-0.25, -0.2) is 4.79 Å². The average Bonchev–Trinajstić information content (AvgIpc) is 3.52. The molecule has 10 heteroatoms. The molecule has 2 heterocycles. The maximum Gasteiger partial charge on any atom is 0.341 e. The third-order valence-electron chi connectivity index (χ3n) is 5.48. The number of amides is 1. The molecule has 0 aliphatic carbocycles. The van der Waals surface area contributed by atoms with E-state index in [0.29, 0.717) is 34.2 Å². The molecule has 0 fully saturated rings. The summed E-state index contributed by atoms with van der Waals surface area (Å²) in [7, 11) is 2.96. The zero-order valence-electron chi connectivity index (χ0n) is 20.5. The lowest BCUT2D eigenvalue weighted by Crippen LogP contribution is -2.16. The van der Waals surface area contributed by atoms with E-state index in [1.807, 2.05) is 64.5 Å². The van der Waals surface area contributed by atoms with Crippen LogP contribution in [0.5, 0.6) is 5.75 Å². The van der Waals surface area contributed by atoms with Crippen molar-refractivity contribution in [1.82, 2.24) is 14.8 Å². The first-order valence-electron chi connectivity index (χ1n) is 11.4.